The fourth-order valence-electron chi connectivity index (χ4n) is 3.24. The van der Waals surface area contributed by atoms with Crippen molar-refractivity contribution in [2.24, 2.45) is 0 Å². The number of alkyl halides is 2. The van der Waals surface area contributed by atoms with Gasteiger partial charge in [-0.05, 0) is 31.0 Å². The summed E-state index contributed by atoms with van der Waals surface area (Å²) in [6.45, 7) is 4.34. The van der Waals surface area contributed by atoms with Gasteiger partial charge in [-0.2, -0.15) is 4.31 Å². The summed E-state index contributed by atoms with van der Waals surface area (Å²) in [7, 11) is -3.66. The van der Waals surface area contributed by atoms with Gasteiger partial charge in [0.1, 0.15) is 0 Å². The number of anilines is 1. The first kappa shape index (κ1) is 24.1. The number of hydrogen-bond acceptors (Lipinski definition) is 7. The van der Waals surface area contributed by atoms with Crippen LogP contribution in [0.1, 0.15) is 35.4 Å². The van der Waals surface area contributed by atoms with Gasteiger partial charge in [0.25, 0.3) is 6.43 Å². The van der Waals surface area contributed by atoms with Gasteiger partial charge in [-0.1, -0.05) is 23.5 Å². The topological polar surface area (TPSA) is 113 Å². The number of sulfonamides is 1. The average molecular weight is 488 g/mol. The van der Waals surface area contributed by atoms with Crippen molar-refractivity contribution in [2.45, 2.75) is 38.0 Å². The Balaban J connectivity index is 1.49. The minimum atomic E-state index is -3.66. The zero-order chi connectivity index (χ0) is 23.5. The number of rotatable bonds is 7. The highest BCUT2D eigenvalue weighted by molar-refractivity contribution is 7.89. The van der Waals surface area contributed by atoms with Gasteiger partial charge in [0.15, 0.2) is 5.01 Å². The molecule has 2 heterocycles. The Morgan fingerprint density at radius 3 is 2.44 bits per heavy atom. The normalized spacial score (nSPS) is 15.2. The van der Waals surface area contributed by atoms with Crippen LogP contribution in [0, 0.1) is 13.8 Å². The van der Waals surface area contributed by atoms with E-state index < -0.39 is 27.4 Å². The second-order valence-corrected chi connectivity index (χ2v) is 10.3. The van der Waals surface area contributed by atoms with E-state index in [4.69, 9.17) is 0 Å². The minimum Gasteiger partial charge on any atom is -0.340 e. The molecule has 174 valence electrons. The number of aryl methyl sites for hydroxylation is 2. The molecule has 32 heavy (non-hydrogen) atoms. The fraction of sp³-hybridized carbons (Fsp3) is 0.474. The highest BCUT2D eigenvalue weighted by atomic mass is 32.2. The number of nitrogens with one attached hydrogen (secondary N) is 1. The lowest BCUT2D eigenvalue weighted by Crippen LogP contribution is -2.50. The lowest BCUT2D eigenvalue weighted by atomic mass is 10.2. The highest BCUT2D eigenvalue weighted by Crippen LogP contribution is 2.25. The van der Waals surface area contributed by atoms with Crippen LogP contribution < -0.4 is 5.32 Å². The predicted octanol–water partition coefficient (Wildman–Crippen LogP) is 2.34. The summed E-state index contributed by atoms with van der Waals surface area (Å²) in [5, 5.41) is 8.53. The van der Waals surface area contributed by atoms with Gasteiger partial charge in [0.2, 0.25) is 27.0 Å². The molecule has 0 aliphatic carbocycles. The molecule has 1 aromatic carbocycles. The van der Waals surface area contributed by atoms with Crippen molar-refractivity contribution in [3.05, 3.63) is 34.3 Å². The van der Waals surface area contributed by atoms with E-state index in [2.05, 4.69) is 15.5 Å². The number of carbonyl (C=O) groups is 2. The van der Waals surface area contributed by atoms with E-state index >= 15 is 0 Å². The molecule has 1 aromatic heterocycles. The lowest BCUT2D eigenvalue weighted by molar-refractivity contribution is -0.133. The number of carbonyl (C=O) groups excluding carboxylic acids is 2. The van der Waals surface area contributed by atoms with Gasteiger partial charge in [0, 0.05) is 39.0 Å². The molecular weight excluding hydrogens is 464 g/mol. The number of aromatic nitrogens is 2. The Kier molecular flexibility index (Phi) is 7.51. The summed E-state index contributed by atoms with van der Waals surface area (Å²) in [5.74, 6) is -0.819. The van der Waals surface area contributed by atoms with Crippen molar-refractivity contribution in [1.82, 2.24) is 19.4 Å². The van der Waals surface area contributed by atoms with E-state index in [9.17, 15) is 26.8 Å². The Morgan fingerprint density at radius 2 is 1.81 bits per heavy atom. The molecule has 1 aliphatic heterocycles. The van der Waals surface area contributed by atoms with Crippen molar-refractivity contribution in [1.29, 1.82) is 0 Å². The Labute approximate surface area is 188 Å². The zero-order valence-corrected chi connectivity index (χ0v) is 19.2. The number of hydrogen-bond donors (Lipinski definition) is 1. The SMILES string of the molecule is Cc1ccc(C)c(S(=O)(=O)N2CCN(C(=O)CCC(=O)Nc3nnc(C(F)F)s3)CC2)c1. The van der Waals surface area contributed by atoms with Gasteiger partial charge >= 0.3 is 0 Å². The van der Waals surface area contributed by atoms with Crippen LogP contribution >= 0.6 is 11.3 Å². The van der Waals surface area contributed by atoms with Crippen LogP contribution in [-0.4, -0.2) is 65.8 Å². The molecular formula is C19H23F2N5O4S2. The van der Waals surface area contributed by atoms with E-state index in [1.54, 1.807) is 19.1 Å². The Hall–Kier alpha value is -2.51. The summed E-state index contributed by atoms with van der Waals surface area (Å²) in [4.78, 5) is 26.2. The predicted molar refractivity (Wildman–Crippen MR) is 114 cm³/mol. The first-order valence-electron chi connectivity index (χ1n) is 9.84. The molecule has 13 heteroatoms. The van der Waals surface area contributed by atoms with E-state index in [0.29, 0.717) is 16.9 Å². The largest absolute Gasteiger partial charge is 0.340 e. The Bertz CT molecular complexity index is 1100. The summed E-state index contributed by atoms with van der Waals surface area (Å²) >= 11 is 0.572. The third-order valence-corrected chi connectivity index (χ3v) is 7.88. The molecule has 1 saturated heterocycles. The van der Waals surface area contributed by atoms with Gasteiger partial charge in [-0.3, -0.25) is 9.59 Å². The first-order valence-corrected chi connectivity index (χ1v) is 12.1. The summed E-state index contributed by atoms with van der Waals surface area (Å²) < 4.78 is 52.4. The second-order valence-electron chi connectivity index (χ2n) is 7.35. The first-order chi connectivity index (χ1) is 15.1. The number of halogens is 2. The summed E-state index contributed by atoms with van der Waals surface area (Å²) in [6.07, 6.45) is -3.00. The molecule has 0 saturated carbocycles. The number of benzene rings is 1. The van der Waals surface area contributed by atoms with Crippen molar-refractivity contribution in [3.63, 3.8) is 0 Å². The number of amides is 2. The minimum absolute atomic E-state index is 0.0528. The zero-order valence-electron chi connectivity index (χ0n) is 17.5. The molecule has 3 rings (SSSR count). The van der Waals surface area contributed by atoms with Crippen molar-refractivity contribution in [3.8, 4) is 0 Å². The molecule has 2 amide bonds. The van der Waals surface area contributed by atoms with Gasteiger partial charge in [0.05, 0.1) is 4.90 Å². The molecule has 0 atom stereocenters. The van der Waals surface area contributed by atoms with Gasteiger partial charge in [-0.25, -0.2) is 17.2 Å². The Morgan fingerprint density at radius 1 is 1.12 bits per heavy atom. The molecule has 1 N–H and O–H groups in total. The molecule has 0 radical (unpaired) electrons. The van der Waals surface area contributed by atoms with Crippen LogP contribution in [0.15, 0.2) is 23.1 Å². The van der Waals surface area contributed by atoms with Crippen LogP contribution in [0.5, 0.6) is 0 Å². The second kappa shape index (κ2) is 9.96. The van der Waals surface area contributed by atoms with E-state index in [1.165, 1.54) is 9.21 Å². The monoisotopic (exact) mass is 487 g/mol. The number of nitrogens with zero attached hydrogens (tertiary/aromatic N) is 4. The van der Waals surface area contributed by atoms with E-state index in [0.717, 1.165) is 5.56 Å². The average Bonchev–Trinajstić information content (AvgIpc) is 3.22. The smallest absolute Gasteiger partial charge is 0.291 e. The highest BCUT2D eigenvalue weighted by Gasteiger charge is 2.31. The molecule has 0 bridgehead atoms. The fourth-order valence-corrected chi connectivity index (χ4v) is 5.58. The molecule has 1 fully saturated rings. The van der Waals surface area contributed by atoms with Gasteiger partial charge < -0.3 is 10.2 Å². The molecule has 2 aromatic rings. The van der Waals surface area contributed by atoms with Crippen LogP contribution in [-0.2, 0) is 19.6 Å². The van der Waals surface area contributed by atoms with E-state index in [-0.39, 0.29) is 55.0 Å². The maximum atomic E-state index is 13.0. The molecule has 9 nitrogen and oxygen atoms in total. The van der Waals surface area contributed by atoms with Crippen molar-refractivity contribution < 1.29 is 26.8 Å². The third-order valence-electron chi connectivity index (χ3n) is 4.99. The van der Waals surface area contributed by atoms with Crippen LogP contribution in [0.3, 0.4) is 0 Å². The van der Waals surface area contributed by atoms with Crippen LogP contribution in [0.2, 0.25) is 0 Å². The van der Waals surface area contributed by atoms with Crippen molar-refractivity contribution >= 4 is 38.3 Å². The number of piperazine rings is 1. The lowest BCUT2D eigenvalue weighted by Gasteiger charge is -2.34. The maximum absolute atomic E-state index is 13.0. The third kappa shape index (κ3) is 5.64. The summed E-state index contributed by atoms with van der Waals surface area (Å²) in [6, 6.07) is 5.26. The van der Waals surface area contributed by atoms with E-state index in [1.807, 2.05) is 13.0 Å². The van der Waals surface area contributed by atoms with Crippen molar-refractivity contribution in [2.75, 3.05) is 31.5 Å². The molecule has 1 aliphatic rings. The van der Waals surface area contributed by atoms with Gasteiger partial charge in [-0.15, -0.1) is 10.2 Å². The molecule has 0 spiro atoms. The summed E-state index contributed by atoms with van der Waals surface area (Å²) in [5.41, 5.74) is 1.51. The van der Waals surface area contributed by atoms with Crippen LogP contribution in [0.25, 0.3) is 0 Å². The molecule has 0 unspecified atom stereocenters. The maximum Gasteiger partial charge on any atom is 0.291 e. The van der Waals surface area contributed by atoms with Crippen LogP contribution in [0.4, 0.5) is 13.9 Å². The quantitative estimate of drug-likeness (QED) is 0.642. The standard InChI is InChI=1S/C19H23F2N5O4S2/c1-12-3-4-13(2)14(11-12)32(29,30)26-9-7-25(8-10-26)16(28)6-5-15(27)22-19-24-23-18(31-19)17(20)21/h3-4,11,17H,5-10H2,1-2H3,(H,22,24,27).